The maximum absolute atomic E-state index is 11.8. The summed E-state index contributed by atoms with van der Waals surface area (Å²) >= 11 is 0. The van der Waals surface area contributed by atoms with Gasteiger partial charge in [0.15, 0.2) is 0 Å². The van der Waals surface area contributed by atoms with E-state index in [4.69, 9.17) is 4.74 Å². The van der Waals surface area contributed by atoms with Crippen molar-refractivity contribution in [1.29, 1.82) is 0 Å². The second-order valence-electron chi connectivity index (χ2n) is 7.44. The molecule has 0 aromatic heterocycles. The summed E-state index contributed by atoms with van der Waals surface area (Å²) in [6.45, 7) is 7.64. The summed E-state index contributed by atoms with van der Waals surface area (Å²) in [7, 11) is 0. The number of nitrogens with one attached hydrogen (secondary N) is 1. The molecule has 1 heterocycles. The molecule has 1 amide bonds. The van der Waals surface area contributed by atoms with Crippen LogP contribution >= 0.6 is 0 Å². The Morgan fingerprint density at radius 3 is 1.92 bits per heavy atom. The number of morpholine rings is 1. The van der Waals surface area contributed by atoms with Gasteiger partial charge in [-0.15, -0.1) is 0 Å². The van der Waals surface area contributed by atoms with Crippen LogP contribution < -0.4 is 5.32 Å². The van der Waals surface area contributed by atoms with Crippen LogP contribution in [0.15, 0.2) is 0 Å². The molecule has 1 fully saturated rings. The van der Waals surface area contributed by atoms with Gasteiger partial charge in [0.1, 0.15) is 0 Å². The lowest BCUT2D eigenvalue weighted by atomic mass is 10.0. The predicted molar refractivity (Wildman–Crippen MR) is 106 cm³/mol. The van der Waals surface area contributed by atoms with Crippen LogP contribution in [0.5, 0.6) is 0 Å². The quantitative estimate of drug-likeness (QED) is 0.414. The molecule has 0 saturated carbocycles. The molecule has 0 aliphatic carbocycles. The van der Waals surface area contributed by atoms with Crippen LogP contribution in [0.25, 0.3) is 0 Å². The Kier molecular flexibility index (Phi) is 15.1. The third-order valence-corrected chi connectivity index (χ3v) is 5.11. The molecule has 1 aliphatic heterocycles. The maximum atomic E-state index is 11.8. The van der Waals surface area contributed by atoms with Crippen LogP contribution in [0.1, 0.15) is 90.4 Å². The second kappa shape index (κ2) is 16.8. The molecule has 0 unspecified atom stereocenters. The van der Waals surface area contributed by atoms with E-state index in [0.29, 0.717) is 6.42 Å². The van der Waals surface area contributed by atoms with Crippen molar-refractivity contribution in [3.63, 3.8) is 0 Å². The van der Waals surface area contributed by atoms with Crippen LogP contribution in [0.3, 0.4) is 0 Å². The Hall–Kier alpha value is -0.610. The first kappa shape index (κ1) is 22.4. The van der Waals surface area contributed by atoms with E-state index in [9.17, 15) is 4.79 Å². The fourth-order valence-electron chi connectivity index (χ4n) is 3.39. The van der Waals surface area contributed by atoms with Crippen molar-refractivity contribution in [2.24, 2.45) is 0 Å². The van der Waals surface area contributed by atoms with Crippen molar-refractivity contribution in [2.75, 3.05) is 39.4 Å². The van der Waals surface area contributed by atoms with E-state index < -0.39 is 0 Å². The van der Waals surface area contributed by atoms with E-state index in [1.165, 1.54) is 70.6 Å². The Labute approximate surface area is 156 Å². The average molecular weight is 355 g/mol. The molecule has 25 heavy (non-hydrogen) atoms. The minimum Gasteiger partial charge on any atom is -0.379 e. The standard InChI is InChI=1S/C21H42N2O2/c1-2-3-4-5-6-7-8-9-10-11-12-13-14-21(24)22-15-16-23-17-19-25-20-18-23/h2-20H2,1H3,(H,22,24). The Morgan fingerprint density at radius 2 is 1.36 bits per heavy atom. The summed E-state index contributed by atoms with van der Waals surface area (Å²) < 4.78 is 5.32. The Morgan fingerprint density at radius 1 is 0.840 bits per heavy atom. The smallest absolute Gasteiger partial charge is 0.220 e. The molecule has 0 aromatic carbocycles. The maximum Gasteiger partial charge on any atom is 0.220 e. The molecule has 0 aromatic rings. The van der Waals surface area contributed by atoms with Gasteiger partial charge in [0.2, 0.25) is 5.91 Å². The van der Waals surface area contributed by atoms with Gasteiger partial charge >= 0.3 is 0 Å². The number of carbonyl (C=O) groups excluding carboxylic acids is 1. The summed E-state index contributed by atoms with van der Waals surface area (Å²) in [5, 5.41) is 3.05. The number of hydrogen-bond donors (Lipinski definition) is 1. The van der Waals surface area contributed by atoms with Gasteiger partial charge in [-0.05, 0) is 6.42 Å². The highest BCUT2D eigenvalue weighted by molar-refractivity contribution is 5.75. The zero-order valence-electron chi connectivity index (χ0n) is 16.7. The monoisotopic (exact) mass is 354 g/mol. The van der Waals surface area contributed by atoms with Crippen LogP contribution in [-0.4, -0.2) is 50.2 Å². The lowest BCUT2D eigenvalue weighted by Crippen LogP contribution is -2.41. The minimum atomic E-state index is 0.223. The molecule has 4 nitrogen and oxygen atoms in total. The van der Waals surface area contributed by atoms with Gasteiger partial charge in [0.25, 0.3) is 0 Å². The lowest BCUT2D eigenvalue weighted by Gasteiger charge is -2.26. The summed E-state index contributed by atoms with van der Waals surface area (Å²) in [5.41, 5.74) is 0. The molecule has 0 spiro atoms. The fourth-order valence-corrected chi connectivity index (χ4v) is 3.39. The molecule has 0 atom stereocenters. The van der Waals surface area contributed by atoms with E-state index >= 15 is 0 Å². The highest BCUT2D eigenvalue weighted by Crippen LogP contribution is 2.12. The number of nitrogens with zero attached hydrogens (tertiary/aromatic N) is 1. The highest BCUT2D eigenvalue weighted by Gasteiger charge is 2.09. The van der Waals surface area contributed by atoms with Crippen LogP contribution in [-0.2, 0) is 9.53 Å². The van der Waals surface area contributed by atoms with Crippen molar-refractivity contribution in [3.05, 3.63) is 0 Å². The van der Waals surface area contributed by atoms with Crippen molar-refractivity contribution in [3.8, 4) is 0 Å². The molecule has 1 aliphatic rings. The first-order valence-corrected chi connectivity index (χ1v) is 10.9. The molecule has 1 saturated heterocycles. The molecule has 1 N–H and O–H groups in total. The topological polar surface area (TPSA) is 41.6 Å². The zero-order chi connectivity index (χ0) is 18.0. The second-order valence-corrected chi connectivity index (χ2v) is 7.44. The van der Waals surface area contributed by atoms with Gasteiger partial charge in [-0.1, -0.05) is 77.6 Å². The van der Waals surface area contributed by atoms with E-state index in [1.807, 2.05) is 0 Å². The van der Waals surface area contributed by atoms with E-state index in [2.05, 4.69) is 17.1 Å². The summed E-state index contributed by atoms with van der Waals surface area (Å²) in [6, 6.07) is 0. The highest BCUT2D eigenvalue weighted by atomic mass is 16.5. The Bertz CT molecular complexity index is 304. The molecule has 148 valence electrons. The van der Waals surface area contributed by atoms with E-state index in [1.54, 1.807) is 0 Å². The predicted octanol–water partition coefficient (Wildman–Crippen LogP) is 4.53. The lowest BCUT2D eigenvalue weighted by molar-refractivity contribution is -0.121. The first-order valence-electron chi connectivity index (χ1n) is 10.9. The largest absolute Gasteiger partial charge is 0.379 e. The van der Waals surface area contributed by atoms with E-state index in [0.717, 1.165) is 45.8 Å². The van der Waals surface area contributed by atoms with Crippen molar-refractivity contribution < 1.29 is 9.53 Å². The minimum absolute atomic E-state index is 0.223. The number of unbranched alkanes of at least 4 members (excludes halogenated alkanes) is 11. The number of ether oxygens (including phenoxy) is 1. The molecular formula is C21H42N2O2. The van der Waals surface area contributed by atoms with Gasteiger partial charge in [-0.2, -0.15) is 0 Å². The molecule has 0 radical (unpaired) electrons. The van der Waals surface area contributed by atoms with Crippen molar-refractivity contribution in [2.45, 2.75) is 90.4 Å². The van der Waals surface area contributed by atoms with Gasteiger partial charge < -0.3 is 10.1 Å². The number of hydrogen-bond acceptors (Lipinski definition) is 3. The van der Waals surface area contributed by atoms with Crippen molar-refractivity contribution >= 4 is 5.91 Å². The number of carbonyl (C=O) groups is 1. The average Bonchev–Trinajstić information content (AvgIpc) is 2.63. The summed E-state index contributed by atoms with van der Waals surface area (Å²) in [6.07, 6.45) is 16.8. The van der Waals surface area contributed by atoms with Gasteiger partial charge in [0.05, 0.1) is 13.2 Å². The number of rotatable bonds is 16. The van der Waals surface area contributed by atoms with Crippen LogP contribution in [0, 0.1) is 0 Å². The normalized spacial score (nSPS) is 15.4. The molecular weight excluding hydrogens is 312 g/mol. The number of amides is 1. The van der Waals surface area contributed by atoms with Gasteiger partial charge in [-0.3, -0.25) is 9.69 Å². The van der Waals surface area contributed by atoms with Gasteiger partial charge in [-0.25, -0.2) is 0 Å². The Balaban J connectivity index is 1.76. The molecule has 1 rings (SSSR count). The SMILES string of the molecule is CCCCCCCCCCCCCCC(=O)NCCN1CCOCC1. The molecule has 4 heteroatoms. The summed E-state index contributed by atoms with van der Waals surface area (Å²) in [4.78, 5) is 14.2. The van der Waals surface area contributed by atoms with Crippen LogP contribution in [0.4, 0.5) is 0 Å². The van der Waals surface area contributed by atoms with E-state index in [-0.39, 0.29) is 5.91 Å². The zero-order valence-corrected chi connectivity index (χ0v) is 16.7. The third-order valence-electron chi connectivity index (χ3n) is 5.11. The van der Waals surface area contributed by atoms with Crippen LogP contribution in [0.2, 0.25) is 0 Å². The van der Waals surface area contributed by atoms with Gasteiger partial charge in [0, 0.05) is 32.6 Å². The first-order chi connectivity index (χ1) is 12.3. The molecule has 0 bridgehead atoms. The van der Waals surface area contributed by atoms with Crippen molar-refractivity contribution in [1.82, 2.24) is 10.2 Å². The summed E-state index contributed by atoms with van der Waals surface area (Å²) in [5.74, 6) is 0.223. The fraction of sp³-hybridized carbons (Fsp3) is 0.952. The third kappa shape index (κ3) is 14.3.